The van der Waals surface area contributed by atoms with Crippen LogP contribution in [-0.4, -0.2) is 70.8 Å². The summed E-state index contributed by atoms with van der Waals surface area (Å²) in [6.07, 6.45) is 5.39. The van der Waals surface area contributed by atoms with E-state index in [1.54, 1.807) is 11.1 Å². The summed E-state index contributed by atoms with van der Waals surface area (Å²) in [5, 5.41) is 21.3. The quantitative estimate of drug-likeness (QED) is 0.648. The topological polar surface area (TPSA) is 91.3 Å². The van der Waals surface area contributed by atoms with E-state index in [1.807, 2.05) is 13.8 Å². The van der Waals surface area contributed by atoms with Crippen LogP contribution in [0.25, 0.3) is 0 Å². The Hall–Kier alpha value is -1.07. The van der Waals surface area contributed by atoms with Crippen LogP contribution in [0.4, 0.5) is 0 Å². The predicted molar refractivity (Wildman–Crippen MR) is 102 cm³/mol. The van der Waals surface area contributed by atoms with Gasteiger partial charge in [0.15, 0.2) is 6.23 Å². The molecule has 6 nitrogen and oxygen atoms in total. The van der Waals surface area contributed by atoms with Crippen LogP contribution in [-0.2, 0) is 4.74 Å². The number of nitrogens with two attached hydrogens (primary N) is 1. The highest BCUT2D eigenvalue weighted by molar-refractivity contribution is 7.72. The fourth-order valence-electron chi connectivity index (χ4n) is 3.09. The minimum atomic E-state index is -1.26. The van der Waals surface area contributed by atoms with E-state index >= 15 is 0 Å². The number of ether oxygens (including phenoxy) is 1. The Kier molecular flexibility index (Phi) is 5.36. The van der Waals surface area contributed by atoms with Gasteiger partial charge in [-0.25, -0.2) is 4.99 Å². The molecule has 4 N–H and O–H groups in total. The molecule has 0 saturated carbocycles. The molecule has 0 aromatic carbocycles. The van der Waals surface area contributed by atoms with E-state index in [9.17, 15) is 10.2 Å². The van der Waals surface area contributed by atoms with Gasteiger partial charge in [-0.1, -0.05) is 13.5 Å². The molecule has 2 aliphatic heterocycles. The van der Waals surface area contributed by atoms with Crippen molar-refractivity contribution in [2.75, 3.05) is 19.5 Å². The van der Waals surface area contributed by atoms with Gasteiger partial charge < -0.3 is 25.6 Å². The molecule has 24 heavy (non-hydrogen) atoms. The smallest absolute Gasteiger partial charge is 0.164 e. The Balaban J connectivity index is 2.26. The number of amidine groups is 1. The molecule has 2 heterocycles. The number of hydrogen-bond acceptors (Lipinski definition) is 6. The summed E-state index contributed by atoms with van der Waals surface area (Å²) >= 11 is 0. The lowest BCUT2D eigenvalue weighted by Gasteiger charge is -2.35. The Morgan fingerprint density at radius 3 is 2.62 bits per heavy atom. The molecule has 136 valence electrons. The van der Waals surface area contributed by atoms with Crippen LogP contribution in [0, 0.1) is 0 Å². The van der Waals surface area contributed by atoms with Crippen LogP contribution in [0.3, 0.4) is 0 Å². The highest BCUT2D eigenvalue weighted by Crippen LogP contribution is 2.44. The number of nitrogens with zero attached hydrogens (tertiary/aromatic N) is 2. The summed E-state index contributed by atoms with van der Waals surface area (Å²) in [5.74, 6) is 0.792. The van der Waals surface area contributed by atoms with Gasteiger partial charge in [0.1, 0.15) is 23.9 Å². The number of aliphatic hydroxyl groups is 2. The van der Waals surface area contributed by atoms with E-state index in [0.29, 0.717) is 24.5 Å². The molecule has 0 aromatic heterocycles. The average molecular weight is 355 g/mol. The SMILES string of the molecule is C=C1N=C(N)C(C)=CN1C1O[C@](CC)(CCP(=C)(C)C)[C@@H](O)[C@H]1O. The standard InChI is InChI=1S/C17H30N3O3P/c1-7-17(8-9-24(4,5)6)14(22)13(21)16(23-17)20-10-11(2)15(18)19-12(20)3/h10,13-14,16,21-22H,3-4,7-9H2,1-2,5-6H3,(H2,18,19)/t13-,14+,16?,17-/m1/s1. The molecule has 0 aliphatic carbocycles. The third-order valence-electron chi connectivity index (χ3n) is 4.81. The summed E-state index contributed by atoms with van der Waals surface area (Å²) in [7, 11) is 0. The molecule has 1 saturated heterocycles. The average Bonchev–Trinajstić information content (AvgIpc) is 2.74. The van der Waals surface area contributed by atoms with Crippen molar-refractivity contribution in [3.05, 3.63) is 24.2 Å². The molecular formula is C17H30N3O3P. The second-order valence-corrected chi connectivity index (χ2v) is 11.7. The van der Waals surface area contributed by atoms with E-state index in [0.717, 1.165) is 11.7 Å². The van der Waals surface area contributed by atoms with Crippen molar-refractivity contribution in [1.82, 2.24) is 4.90 Å². The van der Waals surface area contributed by atoms with Crippen LogP contribution >= 0.6 is 6.89 Å². The summed E-state index contributed by atoms with van der Waals surface area (Å²) in [4.78, 5) is 5.84. The zero-order chi connectivity index (χ0) is 18.3. The summed E-state index contributed by atoms with van der Waals surface area (Å²) in [6.45, 7) is 10.7. The Morgan fingerprint density at radius 1 is 1.46 bits per heavy atom. The second kappa shape index (κ2) is 6.68. The fourth-order valence-corrected chi connectivity index (χ4v) is 4.07. The summed E-state index contributed by atoms with van der Waals surface area (Å²) < 4.78 is 6.21. The first-order chi connectivity index (χ1) is 11.0. The van der Waals surface area contributed by atoms with Gasteiger partial charge in [-0.15, -0.1) is 13.2 Å². The van der Waals surface area contributed by atoms with Gasteiger partial charge >= 0.3 is 0 Å². The van der Waals surface area contributed by atoms with Crippen molar-refractivity contribution < 1.29 is 14.9 Å². The van der Waals surface area contributed by atoms with E-state index in [4.69, 9.17) is 10.5 Å². The Labute approximate surface area is 144 Å². The molecule has 0 radical (unpaired) electrons. The van der Waals surface area contributed by atoms with Gasteiger partial charge in [-0.3, -0.25) is 0 Å². The first kappa shape index (κ1) is 19.3. The van der Waals surface area contributed by atoms with Gasteiger partial charge in [-0.05, 0) is 39.3 Å². The van der Waals surface area contributed by atoms with Crippen molar-refractivity contribution in [2.24, 2.45) is 10.7 Å². The molecule has 1 unspecified atom stereocenters. The lowest BCUT2D eigenvalue weighted by molar-refractivity contribution is -0.116. The van der Waals surface area contributed by atoms with Crippen molar-refractivity contribution in [3.63, 3.8) is 0 Å². The number of aliphatic hydroxyl groups excluding tert-OH is 2. The zero-order valence-electron chi connectivity index (χ0n) is 15.1. The van der Waals surface area contributed by atoms with E-state index in [2.05, 4.69) is 31.2 Å². The molecule has 0 bridgehead atoms. The number of hydrogen-bond donors (Lipinski definition) is 3. The van der Waals surface area contributed by atoms with Crippen LogP contribution in [0.15, 0.2) is 29.2 Å². The Morgan fingerprint density at radius 2 is 2.08 bits per heavy atom. The molecule has 7 heteroatoms. The maximum absolute atomic E-state index is 10.7. The largest absolute Gasteiger partial charge is 0.387 e. The van der Waals surface area contributed by atoms with Crippen molar-refractivity contribution >= 4 is 19.0 Å². The van der Waals surface area contributed by atoms with E-state index < -0.39 is 30.9 Å². The molecule has 1 fully saturated rings. The highest BCUT2D eigenvalue weighted by Gasteiger charge is 2.54. The first-order valence-corrected chi connectivity index (χ1v) is 11.3. The molecule has 0 aromatic rings. The lowest BCUT2D eigenvalue weighted by atomic mass is 9.89. The van der Waals surface area contributed by atoms with Gasteiger partial charge in [0.25, 0.3) is 0 Å². The summed E-state index contributed by atoms with van der Waals surface area (Å²) in [6, 6.07) is 0. The molecule has 4 atom stereocenters. The molecule has 2 aliphatic rings. The number of aliphatic imine (C=N–C) groups is 1. The van der Waals surface area contributed by atoms with Gasteiger partial charge in [-0.2, -0.15) is 0 Å². The third kappa shape index (κ3) is 3.62. The van der Waals surface area contributed by atoms with Crippen molar-refractivity contribution in [2.45, 2.75) is 50.7 Å². The van der Waals surface area contributed by atoms with E-state index in [1.165, 1.54) is 0 Å². The fraction of sp³-hybridized carbons (Fsp3) is 0.647. The maximum Gasteiger partial charge on any atom is 0.164 e. The van der Waals surface area contributed by atoms with Gasteiger partial charge in [0.05, 0.1) is 5.60 Å². The van der Waals surface area contributed by atoms with Crippen molar-refractivity contribution in [3.8, 4) is 0 Å². The predicted octanol–water partition coefficient (Wildman–Crippen LogP) is 1.36. The minimum absolute atomic E-state index is 0.395. The summed E-state index contributed by atoms with van der Waals surface area (Å²) in [5.41, 5.74) is 5.79. The first-order valence-electron chi connectivity index (χ1n) is 8.22. The van der Waals surface area contributed by atoms with Crippen molar-refractivity contribution in [1.29, 1.82) is 0 Å². The van der Waals surface area contributed by atoms with Gasteiger partial charge in [0, 0.05) is 11.8 Å². The normalized spacial score (nSPS) is 34.3. The van der Waals surface area contributed by atoms with Crippen LogP contribution in [0.1, 0.15) is 26.7 Å². The molecule has 0 amide bonds. The molecule has 0 spiro atoms. The zero-order valence-corrected chi connectivity index (χ0v) is 16.0. The van der Waals surface area contributed by atoms with Crippen LogP contribution in [0.2, 0.25) is 0 Å². The second-order valence-electron chi connectivity index (χ2n) is 7.40. The Bertz CT molecular complexity index is 625. The molecule has 2 rings (SSSR count). The maximum atomic E-state index is 10.7. The van der Waals surface area contributed by atoms with Gasteiger partial charge in [0.2, 0.25) is 0 Å². The number of rotatable bonds is 5. The highest BCUT2D eigenvalue weighted by atomic mass is 31.2. The lowest BCUT2D eigenvalue weighted by Crippen LogP contribution is -2.44. The third-order valence-corrected chi connectivity index (χ3v) is 6.24. The monoisotopic (exact) mass is 355 g/mol. The van der Waals surface area contributed by atoms with E-state index in [-0.39, 0.29) is 0 Å². The molecular weight excluding hydrogens is 325 g/mol. The van der Waals surface area contributed by atoms with Crippen LogP contribution in [0.5, 0.6) is 0 Å². The minimum Gasteiger partial charge on any atom is -0.387 e. The van der Waals surface area contributed by atoms with Crippen LogP contribution < -0.4 is 5.73 Å².